The van der Waals surface area contributed by atoms with Crippen LogP contribution in [0, 0.1) is 0 Å². The summed E-state index contributed by atoms with van der Waals surface area (Å²) in [6.07, 6.45) is 3.44. The molecule has 0 aromatic heterocycles. The Balaban J connectivity index is 1.47. The quantitative estimate of drug-likeness (QED) is 0.585. The van der Waals surface area contributed by atoms with Crippen LogP contribution in [0.2, 0.25) is 0 Å². The number of benzene rings is 2. The van der Waals surface area contributed by atoms with Gasteiger partial charge in [-0.2, -0.15) is 4.31 Å². The highest BCUT2D eigenvalue weighted by atomic mass is 32.2. The summed E-state index contributed by atoms with van der Waals surface area (Å²) >= 11 is 0. The molecule has 2 saturated heterocycles. The third-order valence-corrected chi connectivity index (χ3v) is 8.65. The number of carbonyl (C=O) groups is 1. The lowest BCUT2D eigenvalue weighted by molar-refractivity contribution is -0.124. The predicted molar refractivity (Wildman–Crippen MR) is 129 cm³/mol. The smallest absolute Gasteiger partial charge is 0.243 e. The second kappa shape index (κ2) is 10.8. The van der Waals surface area contributed by atoms with E-state index in [2.05, 4.69) is 10.2 Å². The van der Waals surface area contributed by atoms with E-state index in [1.54, 1.807) is 19.2 Å². The van der Waals surface area contributed by atoms with E-state index in [-0.39, 0.29) is 16.8 Å². The van der Waals surface area contributed by atoms with Crippen molar-refractivity contribution < 1.29 is 22.7 Å². The molecule has 0 aliphatic carbocycles. The lowest BCUT2D eigenvalue weighted by Crippen LogP contribution is -2.47. The number of ether oxygens (including phenoxy) is 2. The molecular weight excluding hydrogens is 454 g/mol. The van der Waals surface area contributed by atoms with Crippen molar-refractivity contribution in [2.75, 3.05) is 40.4 Å². The van der Waals surface area contributed by atoms with Crippen molar-refractivity contribution >= 4 is 15.9 Å². The summed E-state index contributed by atoms with van der Waals surface area (Å²) in [4.78, 5) is 15.8. The lowest BCUT2D eigenvalue weighted by atomic mass is 10.0. The average Bonchev–Trinajstić information content (AvgIpc) is 3.57. The van der Waals surface area contributed by atoms with Crippen molar-refractivity contribution in [3.05, 3.63) is 54.1 Å². The maximum absolute atomic E-state index is 13.3. The van der Waals surface area contributed by atoms with Crippen LogP contribution in [0.1, 0.15) is 37.3 Å². The van der Waals surface area contributed by atoms with Crippen LogP contribution < -0.4 is 14.8 Å². The maximum atomic E-state index is 13.3. The zero-order valence-corrected chi connectivity index (χ0v) is 20.6. The van der Waals surface area contributed by atoms with Gasteiger partial charge in [0.1, 0.15) is 17.5 Å². The van der Waals surface area contributed by atoms with E-state index in [1.807, 2.05) is 24.3 Å². The number of likely N-dealkylation sites (tertiary alicyclic amines) is 1. The third-order valence-electron chi connectivity index (χ3n) is 6.72. The molecule has 2 fully saturated rings. The van der Waals surface area contributed by atoms with Gasteiger partial charge in [0.15, 0.2) is 0 Å². The van der Waals surface area contributed by atoms with E-state index in [4.69, 9.17) is 9.47 Å². The molecule has 2 atom stereocenters. The molecule has 0 unspecified atom stereocenters. The van der Waals surface area contributed by atoms with E-state index in [0.717, 1.165) is 37.2 Å². The first kappa shape index (κ1) is 24.5. The first-order chi connectivity index (χ1) is 16.4. The molecule has 0 spiro atoms. The molecule has 9 heteroatoms. The molecule has 4 rings (SSSR count). The second-order valence-electron chi connectivity index (χ2n) is 8.73. The van der Waals surface area contributed by atoms with Crippen molar-refractivity contribution in [3.8, 4) is 11.5 Å². The van der Waals surface area contributed by atoms with E-state index in [9.17, 15) is 13.2 Å². The summed E-state index contributed by atoms with van der Waals surface area (Å²) in [5.74, 6) is 1.13. The van der Waals surface area contributed by atoms with Crippen LogP contribution in [0.15, 0.2) is 53.4 Å². The Morgan fingerprint density at radius 1 is 0.941 bits per heavy atom. The number of methoxy groups -OCH3 is 2. The second-order valence-corrected chi connectivity index (χ2v) is 10.6. The van der Waals surface area contributed by atoms with Gasteiger partial charge in [0.2, 0.25) is 15.9 Å². The summed E-state index contributed by atoms with van der Waals surface area (Å²) in [6.45, 7) is 2.72. The van der Waals surface area contributed by atoms with Crippen molar-refractivity contribution in [2.45, 2.75) is 42.7 Å². The third kappa shape index (κ3) is 5.21. The first-order valence-corrected chi connectivity index (χ1v) is 13.2. The van der Waals surface area contributed by atoms with Crippen LogP contribution in [0.4, 0.5) is 0 Å². The maximum Gasteiger partial charge on any atom is 0.243 e. The molecule has 2 aromatic carbocycles. The minimum Gasteiger partial charge on any atom is -0.497 e. The minimum absolute atomic E-state index is 0.0328. The van der Waals surface area contributed by atoms with E-state index in [0.29, 0.717) is 31.7 Å². The van der Waals surface area contributed by atoms with E-state index < -0.39 is 16.1 Å². The van der Waals surface area contributed by atoms with Crippen molar-refractivity contribution in [2.24, 2.45) is 0 Å². The Morgan fingerprint density at radius 3 is 2.12 bits per heavy atom. The summed E-state index contributed by atoms with van der Waals surface area (Å²) in [7, 11) is -0.606. The Kier molecular flexibility index (Phi) is 7.75. The van der Waals surface area contributed by atoms with Gasteiger partial charge in [0.05, 0.1) is 25.2 Å². The molecule has 0 bridgehead atoms. The fraction of sp³-hybridized carbons (Fsp3) is 0.480. The van der Waals surface area contributed by atoms with Crippen molar-refractivity contribution in [3.63, 3.8) is 0 Å². The minimum atomic E-state index is -3.78. The fourth-order valence-electron chi connectivity index (χ4n) is 4.83. The molecule has 34 heavy (non-hydrogen) atoms. The van der Waals surface area contributed by atoms with Gasteiger partial charge in [-0.15, -0.1) is 0 Å². The largest absolute Gasteiger partial charge is 0.497 e. The number of amides is 1. The van der Waals surface area contributed by atoms with E-state index in [1.165, 1.54) is 23.5 Å². The zero-order valence-electron chi connectivity index (χ0n) is 19.8. The van der Waals surface area contributed by atoms with Crippen molar-refractivity contribution in [1.82, 2.24) is 14.5 Å². The van der Waals surface area contributed by atoms with Gasteiger partial charge in [-0.25, -0.2) is 8.42 Å². The molecule has 2 heterocycles. The van der Waals surface area contributed by atoms with E-state index >= 15 is 0 Å². The van der Waals surface area contributed by atoms with Crippen LogP contribution in [0.3, 0.4) is 0 Å². The van der Waals surface area contributed by atoms with Crippen molar-refractivity contribution in [1.29, 1.82) is 0 Å². The number of nitrogens with one attached hydrogen (secondary N) is 1. The van der Waals surface area contributed by atoms with Gasteiger partial charge < -0.3 is 14.8 Å². The molecule has 0 saturated carbocycles. The number of rotatable bonds is 9. The zero-order chi connectivity index (χ0) is 24.1. The van der Waals surface area contributed by atoms with Gasteiger partial charge >= 0.3 is 0 Å². The first-order valence-electron chi connectivity index (χ1n) is 11.8. The Bertz CT molecular complexity index is 1070. The number of hydrogen-bond donors (Lipinski definition) is 1. The Labute approximate surface area is 201 Å². The fourth-order valence-corrected chi connectivity index (χ4v) is 6.48. The summed E-state index contributed by atoms with van der Waals surface area (Å²) in [5, 5.41) is 3.06. The van der Waals surface area contributed by atoms with Gasteiger partial charge in [-0.05, 0) is 80.7 Å². The molecule has 1 amide bonds. The van der Waals surface area contributed by atoms with Crippen LogP contribution in [-0.4, -0.2) is 70.0 Å². The highest BCUT2D eigenvalue weighted by Crippen LogP contribution is 2.29. The monoisotopic (exact) mass is 487 g/mol. The Morgan fingerprint density at radius 2 is 1.53 bits per heavy atom. The van der Waals surface area contributed by atoms with Gasteiger partial charge in [0.25, 0.3) is 0 Å². The molecule has 2 aliphatic heterocycles. The number of hydrogen-bond acceptors (Lipinski definition) is 6. The average molecular weight is 488 g/mol. The number of sulfonamides is 1. The lowest BCUT2D eigenvalue weighted by Gasteiger charge is -2.30. The molecule has 1 N–H and O–H groups in total. The number of carbonyl (C=O) groups excluding carboxylic acids is 1. The molecular formula is C25H33N3O5S. The van der Waals surface area contributed by atoms with Crippen LogP contribution >= 0.6 is 0 Å². The molecule has 184 valence electrons. The summed E-state index contributed by atoms with van der Waals surface area (Å²) in [6, 6.07) is 13.5. The Hall–Kier alpha value is -2.62. The number of nitrogens with zero attached hydrogens (tertiary/aromatic N) is 2. The van der Waals surface area contributed by atoms with Gasteiger partial charge in [-0.1, -0.05) is 12.1 Å². The summed E-state index contributed by atoms with van der Waals surface area (Å²) < 4.78 is 38.3. The SMILES string of the molecule is COc1ccc([C@H](CNC(=O)[C@@H]2CCCN2S(=O)(=O)c2ccc(OC)cc2)N2CCCC2)cc1. The van der Waals surface area contributed by atoms with Gasteiger partial charge in [0, 0.05) is 13.1 Å². The molecule has 0 radical (unpaired) electrons. The van der Waals surface area contributed by atoms with Gasteiger partial charge in [-0.3, -0.25) is 9.69 Å². The molecule has 2 aliphatic rings. The topological polar surface area (TPSA) is 88.2 Å². The summed E-state index contributed by atoms with van der Waals surface area (Å²) in [5.41, 5.74) is 1.11. The van der Waals surface area contributed by atoms with Crippen LogP contribution in [0.25, 0.3) is 0 Å². The normalized spacial score (nSPS) is 20.2. The van der Waals surface area contributed by atoms with Crippen LogP contribution in [-0.2, 0) is 14.8 Å². The highest BCUT2D eigenvalue weighted by Gasteiger charge is 2.39. The predicted octanol–water partition coefficient (Wildman–Crippen LogP) is 2.81. The molecule has 2 aromatic rings. The highest BCUT2D eigenvalue weighted by molar-refractivity contribution is 7.89. The molecule has 8 nitrogen and oxygen atoms in total. The van der Waals surface area contributed by atoms with Crippen LogP contribution in [0.5, 0.6) is 11.5 Å². The standard InChI is InChI=1S/C25H33N3O5S/c1-32-20-9-7-19(8-10-20)24(27-15-3-4-16-27)18-26-25(29)23-6-5-17-28(23)34(30,31)22-13-11-21(33-2)12-14-22/h7-14,23-24H,3-6,15-18H2,1-2H3,(H,26,29)/t23-,24-/m0/s1.